The van der Waals surface area contributed by atoms with Crippen molar-refractivity contribution in [1.29, 1.82) is 0 Å². The average Bonchev–Trinajstić information content (AvgIpc) is 3.33. The van der Waals surface area contributed by atoms with Gasteiger partial charge in [0.05, 0.1) is 0 Å². The predicted molar refractivity (Wildman–Crippen MR) is 122 cm³/mol. The molecule has 3 aromatic carbocycles. The number of para-hydroxylation sites is 1. The van der Waals surface area contributed by atoms with E-state index in [2.05, 4.69) is 29.4 Å². The minimum atomic E-state index is -0.757. The lowest BCUT2D eigenvalue weighted by molar-refractivity contribution is -0.123. The summed E-state index contributed by atoms with van der Waals surface area (Å²) in [5, 5.41) is 11.1. The number of aromatic nitrogens is 2. The van der Waals surface area contributed by atoms with Gasteiger partial charge in [-0.25, -0.2) is 4.39 Å². The van der Waals surface area contributed by atoms with E-state index in [1.165, 1.54) is 12.1 Å². The van der Waals surface area contributed by atoms with Crippen LogP contribution in [0.3, 0.4) is 0 Å². The van der Waals surface area contributed by atoms with Crippen molar-refractivity contribution in [2.45, 2.75) is 25.8 Å². The van der Waals surface area contributed by atoms with Crippen LogP contribution in [-0.4, -0.2) is 22.7 Å². The highest BCUT2D eigenvalue weighted by Gasteiger charge is 2.24. The number of amides is 1. The Morgan fingerprint density at radius 3 is 2.39 bits per heavy atom. The van der Waals surface area contributed by atoms with Crippen LogP contribution in [0, 0.1) is 5.82 Å². The van der Waals surface area contributed by atoms with Gasteiger partial charge in [-0.05, 0) is 47.4 Å². The standard InChI is InChI=1S/C26H24FN3O3/c1-17(2)21-10-6-7-11-22(21)32-16-23(31)28-24(18-12-14-20(27)15-13-18)26-30-29-25(33-26)19-8-4-3-5-9-19/h3-15,17,24H,16H2,1-2H3,(H,28,31)/t24-/m1/s1. The van der Waals surface area contributed by atoms with Gasteiger partial charge < -0.3 is 14.5 Å². The van der Waals surface area contributed by atoms with Crippen LogP contribution in [0.2, 0.25) is 0 Å². The molecule has 0 radical (unpaired) electrons. The minimum absolute atomic E-state index is 0.191. The van der Waals surface area contributed by atoms with Gasteiger partial charge in [0.1, 0.15) is 17.6 Å². The van der Waals surface area contributed by atoms with Crippen LogP contribution in [0.4, 0.5) is 4.39 Å². The zero-order valence-electron chi connectivity index (χ0n) is 18.4. The molecule has 1 N–H and O–H groups in total. The third-order valence-electron chi connectivity index (χ3n) is 5.12. The highest BCUT2D eigenvalue weighted by molar-refractivity contribution is 5.78. The number of halogens is 1. The summed E-state index contributed by atoms with van der Waals surface area (Å²) in [6.07, 6.45) is 0. The molecule has 4 rings (SSSR count). The van der Waals surface area contributed by atoms with E-state index in [1.54, 1.807) is 12.1 Å². The highest BCUT2D eigenvalue weighted by atomic mass is 19.1. The van der Waals surface area contributed by atoms with Crippen molar-refractivity contribution in [3.05, 3.63) is 102 Å². The number of nitrogens with zero attached hydrogens (tertiary/aromatic N) is 2. The molecule has 6 nitrogen and oxygen atoms in total. The molecule has 0 aliphatic rings. The van der Waals surface area contributed by atoms with Gasteiger partial charge in [-0.2, -0.15) is 0 Å². The van der Waals surface area contributed by atoms with E-state index in [1.807, 2.05) is 54.6 Å². The molecule has 0 fully saturated rings. The van der Waals surface area contributed by atoms with Gasteiger partial charge in [0.25, 0.3) is 5.91 Å². The first-order valence-electron chi connectivity index (χ1n) is 10.7. The van der Waals surface area contributed by atoms with Crippen LogP contribution < -0.4 is 10.1 Å². The second kappa shape index (κ2) is 10.1. The zero-order valence-corrected chi connectivity index (χ0v) is 18.4. The maximum Gasteiger partial charge on any atom is 0.258 e. The van der Waals surface area contributed by atoms with Gasteiger partial charge in [0.2, 0.25) is 11.8 Å². The van der Waals surface area contributed by atoms with E-state index in [0.29, 0.717) is 17.2 Å². The summed E-state index contributed by atoms with van der Waals surface area (Å²) in [7, 11) is 0. The molecule has 1 amide bonds. The van der Waals surface area contributed by atoms with Crippen molar-refractivity contribution in [2.24, 2.45) is 0 Å². The van der Waals surface area contributed by atoms with Crippen LogP contribution in [-0.2, 0) is 4.79 Å². The molecule has 4 aromatic rings. The van der Waals surface area contributed by atoms with E-state index in [-0.39, 0.29) is 30.1 Å². The minimum Gasteiger partial charge on any atom is -0.483 e. The summed E-state index contributed by atoms with van der Waals surface area (Å²) in [5.74, 6) is 0.678. The molecular weight excluding hydrogens is 421 g/mol. The maximum atomic E-state index is 13.5. The average molecular weight is 445 g/mol. The molecule has 1 atom stereocenters. The smallest absolute Gasteiger partial charge is 0.258 e. The summed E-state index contributed by atoms with van der Waals surface area (Å²) in [4.78, 5) is 12.8. The molecule has 0 spiro atoms. The Morgan fingerprint density at radius 2 is 1.67 bits per heavy atom. The van der Waals surface area contributed by atoms with E-state index < -0.39 is 6.04 Å². The number of rotatable bonds is 8. The summed E-state index contributed by atoms with van der Waals surface area (Å²) >= 11 is 0. The van der Waals surface area contributed by atoms with Crippen LogP contribution in [0.5, 0.6) is 5.75 Å². The molecule has 0 saturated heterocycles. The largest absolute Gasteiger partial charge is 0.483 e. The van der Waals surface area contributed by atoms with Crippen LogP contribution in [0.15, 0.2) is 83.3 Å². The number of carbonyl (C=O) groups is 1. The number of nitrogens with one attached hydrogen (secondary N) is 1. The second-order valence-corrected chi connectivity index (χ2v) is 7.84. The van der Waals surface area contributed by atoms with Gasteiger partial charge in [-0.3, -0.25) is 4.79 Å². The monoisotopic (exact) mass is 445 g/mol. The third-order valence-corrected chi connectivity index (χ3v) is 5.12. The Kier molecular flexibility index (Phi) is 6.78. The Bertz CT molecular complexity index is 1210. The number of hydrogen-bond acceptors (Lipinski definition) is 5. The predicted octanol–water partition coefficient (Wildman–Crippen LogP) is 5.28. The molecule has 1 aromatic heterocycles. The normalized spacial score (nSPS) is 11.9. The fraction of sp³-hybridized carbons (Fsp3) is 0.192. The molecule has 7 heteroatoms. The van der Waals surface area contributed by atoms with E-state index in [4.69, 9.17) is 9.15 Å². The molecule has 1 heterocycles. The van der Waals surface area contributed by atoms with E-state index >= 15 is 0 Å². The fourth-order valence-corrected chi connectivity index (χ4v) is 3.43. The molecule has 168 valence electrons. The molecule has 0 unspecified atom stereocenters. The number of ether oxygens (including phenoxy) is 1. The van der Waals surface area contributed by atoms with Gasteiger partial charge in [-0.1, -0.05) is 62.4 Å². The first kappa shape index (κ1) is 22.2. The molecule has 0 aliphatic carbocycles. The summed E-state index contributed by atoms with van der Waals surface area (Å²) in [6.45, 7) is 3.93. The van der Waals surface area contributed by atoms with Gasteiger partial charge in [0.15, 0.2) is 6.61 Å². The van der Waals surface area contributed by atoms with Crippen molar-refractivity contribution in [2.75, 3.05) is 6.61 Å². The van der Waals surface area contributed by atoms with Gasteiger partial charge in [-0.15, -0.1) is 10.2 Å². The van der Waals surface area contributed by atoms with Crippen molar-refractivity contribution in [1.82, 2.24) is 15.5 Å². The van der Waals surface area contributed by atoms with Crippen molar-refractivity contribution in [3.8, 4) is 17.2 Å². The van der Waals surface area contributed by atoms with Crippen molar-refractivity contribution >= 4 is 5.91 Å². The van der Waals surface area contributed by atoms with Crippen LogP contribution in [0.1, 0.15) is 42.8 Å². The fourth-order valence-electron chi connectivity index (χ4n) is 3.43. The SMILES string of the molecule is CC(C)c1ccccc1OCC(=O)N[C@H](c1ccc(F)cc1)c1nnc(-c2ccccc2)o1. The number of carbonyl (C=O) groups excluding carboxylic acids is 1. The molecule has 33 heavy (non-hydrogen) atoms. The van der Waals surface area contributed by atoms with Crippen LogP contribution in [0.25, 0.3) is 11.5 Å². The lowest BCUT2D eigenvalue weighted by atomic mass is 10.0. The van der Waals surface area contributed by atoms with E-state index in [0.717, 1.165) is 11.1 Å². The summed E-state index contributed by atoms with van der Waals surface area (Å²) in [6, 6.07) is 22.0. The number of hydrogen-bond donors (Lipinski definition) is 1. The van der Waals surface area contributed by atoms with E-state index in [9.17, 15) is 9.18 Å². The Balaban J connectivity index is 1.54. The first-order valence-corrected chi connectivity index (χ1v) is 10.7. The third kappa shape index (κ3) is 5.44. The topological polar surface area (TPSA) is 77.2 Å². The Morgan fingerprint density at radius 1 is 0.970 bits per heavy atom. The summed E-state index contributed by atoms with van der Waals surface area (Å²) < 4.78 is 25.1. The Labute approximate surface area is 191 Å². The molecule has 0 aliphatic heterocycles. The quantitative estimate of drug-likeness (QED) is 0.399. The molecule has 0 saturated carbocycles. The van der Waals surface area contributed by atoms with Gasteiger partial charge >= 0.3 is 0 Å². The lowest BCUT2D eigenvalue weighted by Gasteiger charge is -2.17. The Hall–Kier alpha value is -4.00. The van der Waals surface area contributed by atoms with Crippen molar-refractivity contribution < 1.29 is 18.3 Å². The summed E-state index contributed by atoms with van der Waals surface area (Å²) in [5.41, 5.74) is 2.38. The highest BCUT2D eigenvalue weighted by Crippen LogP contribution is 2.27. The maximum absolute atomic E-state index is 13.5. The first-order chi connectivity index (χ1) is 16.0. The molecular formula is C26H24FN3O3. The van der Waals surface area contributed by atoms with Crippen LogP contribution >= 0.6 is 0 Å². The second-order valence-electron chi connectivity index (χ2n) is 7.84. The lowest BCUT2D eigenvalue weighted by Crippen LogP contribution is -2.33. The zero-order chi connectivity index (χ0) is 23.2. The van der Waals surface area contributed by atoms with Gasteiger partial charge in [0, 0.05) is 5.56 Å². The molecule has 0 bridgehead atoms. The van der Waals surface area contributed by atoms with Crippen molar-refractivity contribution in [3.63, 3.8) is 0 Å². The number of benzene rings is 3.